The highest BCUT2D eigenvalue weighted by Gasteiger charge is 2.34. The zero-order valence-electron chi connectivity index (χ0n) is 14.2. The van der Waals surface area contributed by atoms with Crippen molar-refractivity contribution in [1.82, 2.24) is 4.90 Å². The van der Waals surface area contributed by atoms with E-state index in [0.717, 1.165) is 13.1 Å². The molecule has 1 saturated heterocycles. The van der Waals surface area contributed by atoms with E-state index in [1.54, 1.807) is 0 Å². The van der Waals surface area contributed by atoms with Gasteiger partial charge in [-0.1, -0.05) is 80.6 Å². The lowest BCUT2D eigenvalue weighted by Crippen LogP contribution is -2.53. The second-order valence-electron chi connectivity index (χ2n) is 5.42. The Morgan fingerprint density at radius 1 is 1.00 bits per heavy atom. The molecule has 1 aliphatic heterocycles. The van der Waals surface area contributed by atoms with Gasteiger partial charge in [-0.25, -0.2) is 0 Å². The molecule has 2 aromatic rings. The molecular formula is C21H27NO. The van der Waals surface area contributed by atoms with Crippen LogP contribution in [0.2, 0.25) is 0 Å². The van der Waals surface area contributed by atoms with Crippen LogP contribution in [0.15, 0.2) is 73.3 Å². The van der Waals surface area contributed by atoms with Crippen LogP contribution < -0.4 is 0 Å². The average molecular weight is 309 g/mol. The summed E-state index contributed by atoms with van der Waals surface area (Å²) in [6.45, 7) is 10.3. The van der Waals surface area contributed by atoms with Gasteiger partial charge in [0.25, 0.3) is 0 Å². The van der Waals surface area contributed by atoms with Gasteiger partial charge in [0.15, 0.2) is 0 Å². The van der Waals surface area contributed by atoms with E-state index in [1.165, 1.54) is 11.1 Å². The summed E-state index contributed by atoms with van der Waals surface area (Å²) in [5.74, 6) is 0. The number of hydrogen-bond acceptors (Lipinski definition) is 2. The second kappa shape index (κ2) is 9.29. The monoisotopic (exact) mass is 309 g/mol. The maximum atomic E-state index is 5.72. The van der Waals surface area contributed by atoms with Crippen LogP contribution in [0.1, 0.15) is 31.0 Å². The quantitative estimate of drug-likeness (QED) is 0.718. The molecule has 3 rings (SSSR count). The van der Waals surface area contributed by atoms with E-state index in [0.29, 0.717) is 18.8 Å². The number of likely N-dealkylation sites (tertiary alicyclic amines) is 1. The van der Waals surface area contributed by atoms with E-state index in [2.05, 4.69) is 72.1 Å². The Labute approximate surface area is 140 Å². The Bertz CT molecular complexity index is 521. The van der Waals surface area contributed by atoms with E-state index in [9.17, 15) is 0 Å². The summed E-state index contributed by atoms with van der Waals surface area (Å²) in [5, 5.41) is 0. The first-order valence-electron chi connectivity index (χ1n) is 8.45. The van der Waals surface area contributed by atoms with Gasteiger partial charge in [0, 0.05) is 13.1 Å². The smallest absolute Gasteiger partial charge is 0.0833 e. The van der Waals surface area contributed by atoms with Crippen molar-refractivity contribution in [3.05, 3.63) is 84.4 Å². The van der Waals surface area contributed by atoms with Crippen LogP contribution in [0.3, 0.4) is 0 Å². The van der Waals surface area contributed by atoms with Crippen molar-refractivity contribution in [2.24, 2.45) is 0 Å². The third-order valence-electron chi connectivity index (χ3n) is 3.92. The Morgan fingerprint density at radius 2 is 1.48 bits per heavy atom. The van der Waals surface area contributed by atoms with Crippen LogP contribution in [-0.4, -0.2) is 30.7 Å². The molecule has 0 atom stereocenters. The number of hydrogen-bond donors (Lipinski definition) is 0. The van der Waals surface area contributed by atoms with Gasteiger partial charge in [-0.05, 0) is 11.1 Å². The zero-order valence-corrected chi connectivity index (χ0v) is 14.2. The molecule has 2 nitrogen and oxygen atoms in total. The molecule has 1 heterocycles. The largest absolute Gasteiger partial charge is 0.372 e. The molecule has 1 aliphatic rings. The van der Waals surface area contributed by atoms with E-state index in [4.69, 9.17) is 4.74 Å². The summed E-state index contributed by atoms with van der Waals surface area (Å²) in [7, 11) is 0. The molecule has 122 valence electrons. The van der Waals surface area contributed by atoms with Crippen molar-refractivity contribution in [3.8, 4) is 0 Å². The van der Waals surface area contributed by atoms with Gasteiger partial charge in [-0.15, -0.1) is 6.58 Å². The minimum absolute atomic E-state index is 0.316. The average Bonchev–Trinajstić information content (AvgIpc) is 2.60. The van der Waals surface area contributed by atoms with Gasteiger partial charge in [-0.2, -0.15) is 0 Å². The highest BCUT2D eigenvalue weighted by atomic mass is 16.5. The molecule has 2 aromatic carbocycles. The first-order valence-corrected chi connectivity index (χ1v) is 8.45. The van der Waals surface area contributed by atoms with Gasteiger partial charge < -0.3 is 4.74 Å². The number of nitrogens with zero attached hydrogens (tertiary/aromatic N) is 1. The third kappa shape index (κ3) is 4.54. The van der Waals surface area contributed by atoms with Crippen molar-refractivity contribution in [2.45, 2.75) is 26.0 Å². The molecule has 0 saturated carbocycles. The molecule has 0 aromatic heterocycles. The minimum atomic E-state index is 0.316. The van der Waals surface area contributed by atoms with Crippen LogP contribution in [0.5, 0.6) is 0 Å². The normalized spacial score (nSPS) is 14.7. The summed E-state index contributed by atoms with van der Waals surface area (Å²) >= 11 is 0. The maximum Gasteiger partial charge on any atom is 0.0833 e. The first kappa shape index (κ1) is 17.5. The summed E-state index contributed by atoms with van der Waals surface area (Å²) in [6.07, 6.45) is 2.15. The van der Waals surface area contributed by atoms with Crippen molar-refractivity contribution in [2.75, 3.05) is 19.7 Å². The van der Waals surface area contributed by atoms with E-state index in [-0.39, 0.29) is 0 Å². The molecule has 23 heavy (non-hydrogen) atoms. The predicted octanol–water partition coefficient (Wildman–Crippen LogP) is 4.69. The van der Waals surface area contributed by atoms with Crippen molar-refractivity contribution < 1.29 is 4.74 Å². The maximum absolute atomic E-state index is 5.72. The predicted molar refractivity (Wildman–Crippen MR) is 97.6 cm³/mol. The topological polar surface area (TPSA) is 12.5 Å². The second-order valence-corrected chi connectivity index (χ2v) is 5.42. The van der Waals surface area contributed by atoms with E-state index in [1.807, 2.05) is 19.9 Å². The summed E-state index contributed by atoms with van der Waals surface area (Å²) < 4.78 is 5.72. The Balaban J connectivity index is 0.000000924. The van der Waals surface area contributed by atoms with Gasteiger partial charge >= 0.3 is 0 Å². The molecule has 0 bridgehead atoms. The minimum Gasteiger partial charge on any atom is -0.372 e. The molecule has 2 heteroatoms. The lowest BCUT2D eigenvalue weighted by molar-refractivity contribution is -0.0568. The van der Waals surface area contributed by atoms with Gasteiger partial charge in [0.05, 0.1) is 18.8 Å². The van der Waals surface area contributed by atoms with Gasteiger partial charge in [-0.3, -0.25) is 4.90 Å². The summed E-state index contributed by atoms with van der Waals surface area (Å²) in [6, 6.07) is 21.7. The highest BCUT2D eigenvalue weighted by Crippen LogP contribution is 2.32. The Hall–Kier alpha value is -1.90. The highest BCUT2D eigenvalue weighted by molar-refractivity contribution is 5.32. The van der Waals surface area contributed by atoms with Crippen LogP contribution in [-0.2, 0) is 4.74 Å². The molecule has 1 fully saturated rings. The van der Waals surface area contributed by atoms with Gasteiger partial charge in [0.2, 0.25) is 0 Å². The number of benzene rings is 2. The van der Waals surface area contributed by atoms with Crippen molar-refractivity contribution in [3.63, 3.8) is 0 Å². The molecule has 0 amide bonds. The number of rotatable bonds is 6. The third-order valence-corrected chi connectivity index (χ3v) is 3.92. The van der Waals surface area contributed by atoms with Crippen LogP contribution in [0.4, 0.5) is 0 Å². The standard InChI is InChI=1S/C19H21NO.C2H6/c1-2-13-21-18-14-20(15-18)19(16-9-5-3-6-10-16)17-11-7-4-8-12-17;1-2/h2-12,18-19H,1,13-15H2;1-2H3. The van der Waals surface area contributed by atoms with Crippen LogP contribution >= 0.6 is 0 Å². The zero-order chi connectivity index (χ0) is 16.5. The van der Waals surface area contributed by atoms with Crippen molar-refractivity contribution >= 4 is 0 Å². The van der Waals surface area contributed by atoms with E-state index >= 15 is 0 Å². The molecule has 0 aliphatic carbocycles. The van der Waals surface area contributed by atoms with Crippen LogP contribution in [0, 0.1) is 0 Å². The fourth-order valence-corrected chi connectivity index (χ4v) is 2.87. The summed E-state index contributed by atoms with van der Waals surface area (Å²) in [5.41, 5.74) is 2.68. The molecular weight excluding hydrogens is 282 g/mol. The Kier molecular flexibility index (Phi) is 7.05. The number of ether oxygens (including phenoxy) is 1. The fraction of sp³-hybridized carbons (Fsp3) is 0.333. The summed E-state index contributed by atoms with van der Waals surface area (Å²) in [4.78, 5) is 2.47. The Morgan fingerprint density at radius 3 is 1.91 bits per heavy atom. The molecule has 0 N–H and O–H groups in total. The molecule has 0 unspecified atom stereocenters. The molecule has 0 spiro atoms. The first-order chi connectivity index (χ1) is 11.4. The fourth-order valence-electron chi connectivity index (χ4n) is 2.87. The van der Waals surface area contributed by atoms with Crippen molar-refractivity contribution in [1.29, 1.82) is 0 Å². The lowest BCUT2D eigenvalue weighted by Gasteiger charge is -2.44. The molecule has 0 radical (unpaired) electrons. The van der Waals surface area contributed by atoms with Crippen LogP contribution in [0.25, 0.3) is 0 Å². The SMILES string of the molecule is C=CCOC1CN(C(c2ccccc2)c2ccccc2)C1.CC. The lowest BCUT2D eigenvalue weighted by atomic mass is 9.94. The van der Waals surface area contributed by atoms with E-state index < -0.39 is 0 Å². The van der Waals surface area contributed by atoms with Gasteiger partial charge in [0.1, 0.15) is 0 Å².